The molecule has 3 aromatic rings. The van der Waals surface area contributed by atoms with Gasteiger partial charge in [0.1, 0.15) is 0 Å². The monoisotopic (exact) mass is 372 g/mol. The first-order valence-electron chi connectivity index (χ1n) is 7.52. The number of hydrogen-bond acceptors (Lipinski definition) is 6. The van der Waals surface area contributed by atoms with Crippen molar-refractivity contribution in [1.82, 2.24) is 25.5 Å². The third kappa shape index (κ3) is 3.67. The lowest BCUT2D eigenvalue weighted by molar-refractivity contribution is -0.384. The predicted molar refractivity (Wildman–Crippen MR) is 93.2 cm³/mol. The van der Waals surface area contributed by atoms with Crippen molar-refractivity contribution in [2.75, 3.05) is 0 Å². The van der Waals surface area contributed by atoms with Crippen LogP contribution in [0.2, 0.25) is 5.02 Å². The molecule has 0 spiro atoms. The minimum atomic E-state index is -0.592. The number of carbonyl (C=O) groups is 1. The minimum absolute atomic E-state index is 0.00947. The van der Waals surface area contributed by atoms with E-state index < -0.39 is 10.8 Å². The summed E-state index contributed by atoms with van der Waals surface area (Å²) in [5.41, 5.74) is 1.63. The van der Waals surface area contributed by atoms with Crippen molar-refractivity contribution in [3.8, 4) is 5.69 Å². The molecule has 0 saturated heterocycles. The second-order valence-electron chi connectivity index (χ2n) is 5.45. The second kappa shape index (κ2) is 7.28. The molecule has 26 heavy (non-hydrogen) atoms. The van der Waals surface area contributed by atoms with Gasteiger partial charge in [0, 0.05) is 12.1 Å². The van der Waals surface area contributed by atoms with Crippen molar-refractivity contribution in [2.45, 2.75) is 13.5 Å². The average molecular weight is 373 g/mol. The number of nitrogens with one attached hydrogen (secondary N) is 1. The molecule has 1 N–H and O–H groups in total. The molecule has 132 valence electrons. The van der Waals surface area contributed by atoms with Crippen LogP contribution in [0.3, 0.4) is 0 Å². The number of nitro benzene ring substituents is 1. The zero-order valence-electron chi connectivity index (χ0n) is 13.6. The Morgan fingerprint density at radius 2 is 2.00 bits per heavy atom. The molecule has 0 radical (unpaired) electrons. The van der Waals surface area contributed by atoms with Crippen molar-refractivity contribution in [1.29, 1.82) is 0 Å². The number of halogens is 1. The number of rotatable bonds is 5. The average Bonchev–Trinajstić information content (AvgIpc) is 3.09. The van der Waals surface area contributed by atoms with Gasteiger partial charge in [0.25, 0.3) is 11.6 Å². The zero-order chi connectivity index (χ0) is 18.7. The molecule has 0 aliphatic carbocycles. The first-order valence-corrected chi connectivity index (χ1v) is 7.90. The van der Waals surface area contributed by atoms with E-state index >= 15 is 0 Å². The van der Waals surface area contributed by atoms with Gasteiger partial charge >= 0.3 is 0 Å². The molecule has 0 saturated carbocycles. The van der Waals surface area contributed by atoms with E-state index in [-0.39, 0.29) is 22.8 Å². The van der Waals surface area contributed by atoms with Crippen molar-refractivity contribution in [3.63, 3.8) is 0 Å². The van der Waals surface area contributed by atoms with Gasteiger partial charge in [-0.3, -0.25) is 14.9 Å². The van der Waals surface area contributed by atoms with Crippen LogP contribution >= 0.6 is 11.6 Å². The Bertz CT molecular complexity index is 970. The van der Waals surface area contributed by atoms with Crippen LogP contribution in [-0.2, 0) is 6.54 Å². The fraction of sp³-hybridized carbons (Fsp3) is 0.125. The molecule has 0 atom stereocenters. The summed E-state index contributed by atoms with van der Waals surface area (Å²) in [6.07, 6.45) is 0. The number of nitrogens with zero attached hydrogens (tertiary/aromatic N) is 5. The highest BCUT2D eigenvalue weighted by molar-refractivity contribution is 6.33. The Morgan fingerprint density at radius 1 is 1.27 bits per heavy atom. The Morgan fingerprint density at radius 3 is 2.69 bits per heavy atom. The molecule has 0 fully saturated rings. The Hall–Kier alpha value is -3.33. The van der Waals surface area contributed by atoms with Gasteiger partial charge in [-0.1, -0.05) is 29.3 Å². The maximum atomic E-state index is 12.3. The highest BCUT2D eigenvalue weighted by atomic mass is 35.5. The maximum absolute atomic E-state index is 12.3. The van der Waals surface area contributed by atoms with Crippen LogP contribution in [-0.4, -0.2) is 31.0 Å². The van der Waals surface area contributed by atoms with E-state index in [1.165, 1.54) is 16.8 Å². The number of hydrogen-bond donors (Lipinski definition) is 1. The first kappa shape index (κ1) is 17.5. The highest BCUT2D eigenvalue weighted by Gasteiger charge is 2.17. The predicted octanol–water partition coefficient (Wildman–Crippen LogP) is 2.46. The van der Waals surface area contributed by atoms with Gasteiger partial charge in [-0.25, -0.2) is 0 Å². The number of amides is 1. The molecule has 9 nitrogen and oxygen atoms in total. The summed E-state index contributed by atoms with van der Waals surface area (Å²) in [7, 11) is 0. The highest BCUT2D eigenvalue weighted by Crippen LogP contribution is 2.22. The van der Waals surface area contributed by atoms with Gasteiger partial charge in [0.05, 0.1) is 27.7 Å². The summed E-state index contributed by atoms with van der Waals surface area (Å²) < 4.78 is 1.49. The third-order valence-corrected chi connectivity index (χ3v) is 3.95. The molecule has 2 aromatic carbocycles. The van der Waals surface area contributed by atoms with Crippen molar-refractivity contribution in [2.24, 2.45) is 0 Å². The molecule has 0 bridgehead atoms. The standard InChI is InChI=1S/C16H13ClN6O3/c1-10-2-4-11(5-3-10)22-15(19-20-21-22)9-18-16(24)13-8-12(23(25)26)6-7-14(13)17/h2-8H,9H2,1H3,(H,18,24). The van der Waals surface area contributed by atoms with Crippen molar-refractivity contribution >= 4 is 23.2 Å². The van der Waals surface area contributed by atoms with E-state index in [1.807, 2.05) is 31.2 Å². The largest absolute Gasteiger partial charge is 0.345 e. The van der Waals surface area contributed by atoms with Gasteiger partial charge < -0.3 is 5.32 Å². The van der Waals surface area contributed by atoms with Crippen LogP contribution in [0.15, 0.2) is 42.5 Å². The molecular weight excluding hydrogens is 360 g/mol. The van der Waals surface area contributed by atoms with Gasteiger partial charge in [-0.15, -0.1) is 5.10 Å². The molecule has 1 aromatic heterocycles. The summed E-state index contributed by atoms with van der Waals surface area (Å²) in [4.78, 5) is 22.6. The van der Waals surface area contributed by atoms with Crippen LogP contribution in [0.25, 0.3) is 5.69 Å². The van der Waals surface area contributed by atoms with Gasteiger partial charge in [-0.2, -0.15) is 4.68 Å². The lowest BCUT2D eigenvalue weighted by Crippen LogP contribution is -2.25. The molecule has 1 amide bonds. The van der Waals surface area contributed by atoms with E-state index in [9.17, 15) is 14.9 Å². The summed E-state index contributed by atoms with van der Waals surface area (Å²) in [5, 5.41) is 25.0. The topological polar surface area (TPSA) is 116 Å². The normalized spacial score (nSPS) is 10.5. The molecule has 1 heterocycles. The summed E-state index contributed by atoms with van der Waals surface area (Å²) >= 11 is 5.97. The lowest BCUT2D eigenvalue weighted by Gasteiger charge is -2.08. The molecule has 0 aliphatic rings. The summed E-state index contributed by atoms with van der Waals surface area (Å²) in [6.45, 7) is 1.99. The van der Waals surface area contributed by atoms with Crippen LogP contribution in [0.5, 0.6) is 0 Å². The second-order valence-corrected chi connectivity index (χ2v) is 5.85. The van der Waals surface area contributed by atoms with Crippen molar-refractivity contribution in [3.05, 3.63) is 74.6 Å². The van der Waals surface area contributed by atoms with Gasteiger partial charge in [0.15, 0.2) is 5.82 Å². The number of benzene rings is 2. The van der Waals surface area contributed by atoms with Crippen molar-refractivity contribution < 1.29 is 9.72 Å². The van der Waals surface area contributed by atoms with Crippen LogP contribution in [0.1, 0.15) is 21.7 Å². The van der Waals surface area contributed by atoms with E-state index in [2.05, 4.69) is 20.8 Å². The quantitative estimate of drug-likeness (QED) is 0.543. The zero-order valence-corrected chi connectivity index (χ0v) is 14.3. The maximum Gasteiger partial charge on any atom is 0.270 e. The molecule has 0 unspecified atom stereocenters. The SMILES string of the molecule is Cc1ccc(-n2nnnc2CNC(=O)c2cc([N+](=O)[O-])ccc2Cl)cc1. The number of tetrazole rings is 1. The minimum Gasteiger partial charge on any atom is -0.345 e. The fourth-order valence-electron chi connectivity index (χ4n) is 2.26. The number of carbonyl (C=O) groups excluding carboxylic acids is 1. The molecule has 3 rings (SSSR count). The van der Waals surface area contributed by atoms with Crippen LogP contribution in [0, 0.1) is 17.0 Å². The fourth-order valence-corrected chi connectivity index (χ4v) is 2.46. The van der Waals surface area contributed by atoms with Gasteiger partial charge in [0.2, 0.25) is 0 Å². The number of nitro groups is 1. The molecular formula is C16H13ClN6O3. The molecule has 10 heteroatoms. The van der Waals surface area contributed by atoms with E-state index in [1.54, 1.807) is 0 Å². The Balaban J connectivity index is 1.77. The Kier molecular flexibility index (Phi) is 4.90. The number of aromatic nitrogens is 4. The van der Waals surface area contributed by atoms with Crippen LogP contribution in [0.4, 0.5) is 5.69 Å². The first-order chi connectivity index (χ1) is 12.5. The Labute approximate surface area is 152 Å². The molecule has 0 aliphatic heterocycles. The van der Waals surface area contributed by atoms with E-state index in [0.717, 1.165) is 17.3 Å². The van der Waals surface area contributed by atoms with E-state index in [0.29, 0.717) is 5.82 Å². The van der Waals surface area contributed by atoms with E-state index in [4.69, 9.17) is 11.6 Å². The van der Waals surface area contributed by atoms with Gasteiger partial charge in [-0.05, 0) is 35.5 Å². The third-order valence-electron chi connectivity index (χ3n) is 3.63. The van der Waals surface area contributed by atoms with Crippen LogP contribution < -0.4 is 5.32 Å². The summed E-state index contributed by atoms with van der Waals surface area (Å²) in [6, 6.07) is 11.2. The number of non-ortho nitro benzene ring substituents is 1. The summed E-state index contributed by atoms with van der Waals surface area (Å²) in [5.74, 6) is -0.152. The number of aryl methyl sites for hydroxylation is 1. The lowest BCUT2D eigenvalue weighted by atomic mass is 10.2. The smallest absolute Gasteiger partial charge is 0.270 e.